The summed E-state index contributed by atoms with van der Waals surface area (Å²) in [6.45, 7) is 6.74. The Hall–Kier alpha value is -2.65. The molecule has 2 N–H and O–H groups in total. The first kappa shape index (κ1) is 20.3. The average Bonchev–Trinajstić information content (AvgIpc) is 3.32. The van der Waals surface area contributed by atoms with Crippen LogP contribution in [0.15, 0.2) is 40.2 Å². The maximum Gasteiger partial charge on any atom is 0.271 e. The predicted molar refractivity (Wildman–Crippen MR) is 120 cm³/mol. The molecule has 2 aliphatic heterocycles. The monoisotopic (exact) mass is 441 g/mol. The van der Waals surface area contributed by atoms with E-state index < -0.39 is 0 Å². The highest BCUT2D eigenvalue weighted by Gasteiger charge is 2.36. The van der Waals surface area contributed by atoms with Crippen molar-refractivity contribution in [1.82, 2.24) is 20.0 Å². The minimum absolute atomic E-state index is 0.112. The largest absolute Gasteiger partial charge is 0.375 e. The third-order valence-electron chi connectivity index (χ3n) is 5.87. The van der Waals surface area contributed by atoms with Gasteiger partial charge in [0.15, 0.2) is 5.82 Å². The number of nitrogens with one attached hydrogen (secondary N) is 2. The highest BCUT2D eigenvalue weighted by atomic mass is 32.2. The van der Waals surface area contributed by atoms with E-state index in [-0.39, 0.29) is 28.3 Å². The van der Waals surface area contributed by atoms with Gasteiger partial charge in [-0.3, -0.25) is 19.7 Å². The Morgan fingerprint density at radius 3 is 2.81 bits per heavy atom. The number of ether oxygens (including phenoxy) is 1. The average molecular weight is 442 g/mol. The zero-order valence-electron chi connectivity index (χ0n) is 17.6. The van der Waals surface area contributed by atoms with Gasteiger partial charge in [-0.25, -0.2) is 9.38 Å². The summed E-state index contributed by atoms with van der Waals surface area (Å²) in [5.41, 5.74) is 2.71. The molecular formula is C22H24FN5O2S. The molecule has 2 atom stereocenters. The number of aromatic amines is 2. The minimum Gasteiger partial charge on any atom is -0.375 e. The molecule has 7 nitrogen and oxygen atoms in total. The van der Waals surface area contributed by atoms with E-state index in [0.717, 1.165) is 34.7 Å². The summed E-state index contributed by atoms with van der Waals surface area (Å²) in [6.07, 6.45) is 3.36. The van der Waals surface area contributed by atoms with Gasteiger partial charge < -0.3 is 4.74 Å². The topological polar surface area (TPSA) is 88.1 Å². The number of aromatic nitrogens is 4. The molecule has 1 fully saturated rings. The molecule has 0 bridgehead atoms. The van der Waals surface area contributed by atoms with E-state index in [9.17, 15) is 9.18 Å². The third-order valence-corrected chi connectivity index (χ3v) is 7.03. The molecule has 1 saturated heterocycles. The van der Waals surface area contributed by atoms with Crippen molar-refractivity contribution in [3.63, 3.8) is 0 Å². The van der Waals surface area contributed by atoms with Crippen molar-refractivity contribution in [2.75, 3.05) is 6.61 Å². The van der Waals surface area contributed by atoms with E-state index in [2.05, 4.69) is 29.1 Å². The van der Waals surface area contributed by atoms with Gasteiger partial charge in [0, 0.05) is 17.7 Å². The molecule has 9 heteroatoms. The Balaban J connectivity index is 1.59. The molecule has 2 aliphatic rings. The number of hydrogen-bond acceptors (Lipinski definition) is 5. The van der Waals surface area contributed by atoms with Gasteiger partial charge in [0.25, 0.3) is 5.56 Å². The number of halogens is 1. The molecule has 4 heterocycles. The third kappa shape index (κ3) is 3.65. The summed E-state index contributed by atoms with van der Waals surface area (Å²) in [7, 11) is 0. The number of thioether (sulfide) groups is 1. The Labute approximate surface area is 183 Å². The highest BCUT2D eigenvalue weighted by molar-refractivity contribution is 8.14. The van der Waals surface area contributed by atoms with E-state index in [0.29, 0.717) is 18.0 Å². The van der Waals surface area contributed by atoms with Crippen LogP contribution < -0.4 is 5.56 Å². The fraction of sp³-hybridized carbons (Fsp3) is 0.409. The number of fused-ring (bicyclic) bond motifs is 1. The summed E-state index contributed by atoms with van der Waals surface area (Å²) in [6, 6.07) is 6.37. The molecule has 0 saturated carbocycles. The highest BCUT2D eigenvalue weighted by Crippen LogP contribution is 2.47. The maximum atomic E-state index is 13.4. The van der Waals surface area contributed by atoms with Gasteiger partial charge >= 0.3 is 0 Å². The molecular weight excluding hydrogens is 417 g/mol. The lowest BCUT2D eigenvalue weighted by molar-refractivity contribution is -0.0705. The van der Waals surface area contributed by atoms with Crippen LogP contribution in [0.4, 0.5) is 10.2 Å². The van der Waals surface area contributed by atoms with E-state index in [1.54, 1.807) is 18.3 Å². The van der Waals surface area contributed by atoms with E-state index in [1.165, 1.54) is 23.9 Å². The molecule has 3 aromatic rings. The van der Waals surface area contributed by atoms with Crippen molar-refractivity contribution in [1.29, 1.82) is 0 Å². The number of benzene rings is 1. The normalized spacial score (nSPS) is 22.8. The van der Waals surface area contributed by atoms with Gasteiger partial charge in [-0.15, -0.1) is 0 Å². The van der Waals surface area contributed by atoms with E-state index in [4.69, 9.17) is 9.73 Å². The van der Waals surface area contributed by atoms with Gasteiger partial charge in [-0.1, -0.05) is 11.8 Å². The van der Waals surface area contributed by atoms with Gasteiger partial charge in [0.1, 0.15) is 5.82 Å². The second kappa shape index (κ2) is 7.49. The van der Waals surface area contributed by atoms with Gasteiger partial charge in [0.05, 0.1) is 39.4 Å². The number of rotatable bonds is 3. The lowest BCUT2D eigenvalue weighted by Crippen LogP contribution is -2.35. The number of nitrogens with zero attached hydrogens (tertiary/aromatic N) is 3. The lowest BCUT2D eigenvalue weighted by atomic mass is 9.94. The summed E-state index contributed by atoms with van der Waals surface area (Å²) in [5.74, 6) is 0.384. The van der Waals surface area contributed by atoms with Crippen LogP contribution in [-0.2, 0) is 4.74 Å². The van der Waals surface area contributed by atoms with Crippen molar-refractivity contribution in [2.24, 2.45) is 4.99 Å². The summed E-state index contributed by atoms with van der Waals surface area (Å²) in [4.78, 5) is 17.9. The molecule has 162 valence electrons. The number of aliphatic imine (C=N–C) groups is 1. The molecule has 5 rings (SSSR count). The molecule has 2 aromatic heterocycles. The first-order valence-corrected chi connectivity index (χ1v) is 11.2. The minimum atomic E-state index is -0.296. The zero-order chi connectivity index (χ0) is 21.8. The van der Waals surface area contributed by atoms with Crippen LogP contribution in [0.3, 0.4) is 0 Å². The maximum absolute atomic E-state index is 13.4. The van der Waals surface area contributed by atoms with Gasteiger partial charge in [0.2, 0.25) is 0 Å². The summed E-state index contributed by atoms with van der Waals surface area (Å²) in [5, 5.41) is 10.9. The molecule has 1 aromatic carbocycles. The van der Waals surface area contributed by atoms with E-state index >= 15 is 0 Å². The molecule has 0 amide bonds. The first-order chi connectivity index (χ1) is 14.8. The predicted octanol–water partition coefficient (Wildman–Crippen LogP) is 4.72. The SMILES string of the molecule is CC1=Nc2c(c(=O)[nH]n2[C@H]2CCOC(C)(C)C2)[C@@H](c2cn[nH]c2-c2ccc(F)cc2)S1. The lowest BCUT2D eigenvalue weighted by Gasteiger charge is -2.36. The molecule has 0 unspecified atom stereocenters. The fourth-order valence-corrected chi connectivity index (χ4v) is 5.57. The number of H-pyrrole nitrogens is 2. The van der Waals surface area contributed by atoms with Crippen LogP contribution in [0.1, 0.15) is 56.0 Å². The second-order valence-electron chi connectivity index (χ2n) is 8.64. The van der Waals surface area contributed by atoms with Gasteiger partial charge in [-0.2, -0.15) is 5.10 Å². The first-order valence-electron chi connectivity index (χ1n) is 10.3. The fourth-order valence-electron chi connectivity index (χ4n) is 4.45. The smallest absolute Gasteiger partial charge is 0.271 e. The molecule has 0 radical (unpaired) electrons. The Morgan fingerprint density at radius 2 is 2.06 bits per heavy atom. The van der Waals surface area contributed by atoms with E-state index in [1.807, 2.05) is 11.6 Å². The van der Waals surface area contributed by atoms with Crippen LogP contribution in [0.2, 0.25) is 0 Å². The Kier molecular flexibility index (Phi) is 4.90. The standard InChI is InChI=1S/C22H24FN5O2S/c1-12-25-20-17(21(29)27-28(20)15-8-9-30-22(2,3)10-15)19(31-12)16-11-24-26-18(16)13-4-6-14(23)7-5-13/h4-7,11,15,19H,8-10H2,1-3H3,(H,24,26)(H,27,29)/t15-,19+/m0/s1. The zero-order valence-corrected chi connectivity index (χ0v) is 18.4. The molecule has 0 aliphatic carbocycles. The number of hydrogen-bond donors (Lipinski definition) is 2. The van der Waals surface area contributed by atoms with Crippen LogP contribution in [0.5, 0.6) is 0 Å². The molecule has 31 heavy (non-hydrogen) atoms. The van der Waals surface area contributed by atoms with Crippen LogP contribution >= 0.6 is 11.8 Å². The quantitative estimate of drug-likeness (QED) is 0.616. The van der Waals surface area contributed by atoms with Crippen LogP contribution in [-0.4, -0.2) is 37.2 Å². The van der Waals surface area contributed by atoms with Crippen molar-refractivity contribution in [3.8, 4) is 11.3 Å². The van der Waals surface area contributed by atoms with Crippen molar-refractivity contribution in [2.45, 2.75) is 50.5 Å². The summed E-state index contributed by atoms with van der Waals surface area (Å²) >= 11 is 1.53. The second-order valence-corrected chi connectivity index (χ2v) is 9.94. The van der Waals surface area contributed by atoms with Crippen molar-refractivity contribution < 1.29 is 9.13 Å². The molecule has 0 spiro atoms. The Morgan fingerprint density at radius 1 is 1.29 bits per heavy atom. The van der Waals surface area contributed by atoms with Crippen LogP contribution in [0.25, 0.3) is 11.3 Å². The van der Waals surface area contributed by atoms with Crippen LogP contribution in [0, 0.1) is 5.82 Å². The van der Waals surface area contributed by atoms with Crippen molar-refractivity contribution in [3.05, 3.63) is 57.8 Å². The Bertz CT molecular complexity index is 1210. The van der Waals surface area contributed by atoms with Crippen molar-refractivity contribution >= 4 is 22.6 Å². The summed E-state index contributed by atoms with van der Waals surface area (Å²) < 4.78 is 21.2. The van der Waals surface area contributed by atoms with Gasteiger partial charge in [-0.05, 0) is 57.9 Å².